The number of halogens is 7. The molecule has 0 radical (unpaired) electrons. The number of nitrogens with one attached hydrogen (secondary N) is 1. The molecule has 10 nitrogen and oxygen atoms in total. The number of aromatic amines is 1. The Bertz CT molecular complexity index is 1400. The molecule has 18 heteroatoms. The van der Waals surface area contributed by atoms with Crippen LogP contribution in [0.25, 0.3) is 0 Å². The van der Waals surface area contributed by atoms with Crippen molar-refractivity contribution >= 4 is 7.75 Å². The van der Waals surface area contributed by atoms with Gasteiger partial charge in [0.15, 0.2) is 6.29 Å². The Morgan fingerprint density at radius 2 is 1.80 bits per heavy atom. The van der Waals surface area contributed by atoms with Gasteiger partial charge in [0.05, 0.1) is 36.4 Å². The lowest BCUT2D eigenvalue weighted by Crippen LogP contribution is -2.55. The first-order valence-corrected chi connectivity index (χ1v) is 13.6. The summed E-state index contributed by atoms with van der Waals surface area (Å²) in [6, 6.07) is 0.271. The molecule has 4 atom stereocenters. The van der Waals surface area contributed by atoms with E-state index < -0.39 is 72.7 Å². The summed E-state index contributed by atoms with van der Waals surface area (Å²) in [5, 5.41) is 3.62. The highest BCUT2D eigenvalue weighted by atomic mass is 31.2. The van der Waals surface area contributed by atoms with Gasteiger partial charge in [-0.3, -0.25) is 9.88 Å². The molecule has 2 aromatic rings. The van der Waals surface area contributed by atoms with Crippen LogP contribution < -0.4 is 5.69 Å². The maximum Gasteiger partial charge on any atom is 0.454 e. The molecule has 1 aromatic carbocycles. The predicted molar refractivity (Wildman–Crippen MR) is 127 cm³/mol. The van der Waals surface area contributed by atoms with Crippen LogP contribution in [0.3, 0.4) is 0 Å². The average molecular weight is 616 g/mol. The van der Waals surface area contributed by atoms with Crippen LogP contribution in [0.5, 0.6) is 0 Å². The SMILES string of the molecule is C[C@@H](O[C@H]1OCCN(Cc2nn(P(=O)(O)O)c(=O)[nH]2)[C@H]1C1C=CC(F)=CC1)c1cc(C(F)(F)F)cc(C(F)(F)F)c1. The van der Waals surface area contributed by atoms with Crippen LogP contribution in [0, 0.1) is 5.92 Å². The highest BCUT2D eigenvalue weighted by Crippen LogP contribution is 2.39. The van der Waals surface area contributed by atoms with E-state index in [1.807, 2.05) is 0 Å². The molecule has 1 aromatic heterocycles. The Kier molecular flexibility index (Phi) is 8.70. The molecule has 3 N–H and O–H groups in total. The maximum absolute atomic E-state index is 13.7. The molecule has 1 fully saturated rings. The summed E-state index contributed by atoms with van der Waals surface area (Å²) >= 11 is 0. The van der Waals surface area contributed by atoms with Crippen molar-refractivity contribution in [1.29, 1.82) is 0 Å². The molecule has 1 saturated heterocycles. The number of benzene rings is 1. The van der Waals surface area contributed by atoms with Crippen LogP contribution in [0.2, 0.25) is 0 Å². The Morgan fingerprint density at radius 1 is 1.17 bits per heavy atom. The van der Waals surface area contributed by atoms with Crippen molar-refractivity contribution in [2.45, 2.75) is 50.7 Å². The number of aromatic nitrogens is 3. The van der Waals surface area contributed by atoms with Crippen molar-refractivity contribution in [3.63, 3.8) is 0 Å². The molecule has 4 rings (SSSR count). The average Bonchev–Trinajstić information content (AvgIpc) is 3.24. The summed E-state index contributed by atoms with van der Waals surface area (Å²) in [5.74, 6) is -1.20. The summed E-state index contributed by atoms with van der Waals surface area (Å²) in [5.41, 5.74) is -4.62. The van der Waals surface area contributed by atoms with Crippen molar-refractivity contribution in [2.24, 2.45) is 5.92 Å². The monoisotopic (exact) mass is 616 g/mol. The van der Waals surface area contributed by atoms with Crippen LogP contribution in [0.1, 0.15) is 42.0 Å². The Labute approximate surface area is 227 Å². The van der Waals surface area contributed by atoms with Crippen molar-refractivity contribution in [1.82, 2.24) is 19.4 Å². The van der Waals surface area contributed by atoms with E-state index in [-0.39, 0.29) is 42.5 Å². The molecule has 2 aliphatic rings. The van der Waals surface area contributed by atoms with E-state index in [1.54, 1.807) is 4.90 Å². The minimum absolute atomic E-state index is 0.00308. The van der Waals surface area contributed by atoms with E-state index in [0.29, 0.717) is 12.1 Å². The first-order valence-electron chi connectivity index (χ1n) is 12.0. The number of ether oxygens (including phenoxy) is 2. The van der Waals surface area contributed by atoms with E-state index in [9.17, 15) is 49.9 Å². The zero-order chi connectivity index (χ0) is 30.3. The number of hydrogen-bond donors (Lipinski definition) is 3. The fourth-order valence-electron chi connectivity index (χ4n) is 4.64. The van der Waals surface area contributed by atoms with Gasteiger partial charge in [-0.15, -0.1) is 9.55 Å². The fourth-order valence-corrected chi connectivity index (χ4v) is 5.15. The van der Waals surface area contributed by atoms with Gasteiger partial charge >= 0.3 is 25.8 Å². The summed E-state index contributed by atoms with van der Waals surface area (Å²) < 4.78 is 117. The first kappa shape index (κ1) is 31.1. The molecule has 0 saturated carbocycles. The van der Waals surface area contributed by atoms with Gasteiger partial charge in [-0.2, -0.15) is 26.3 Å². The van der Waals surface area contributed by atoms with E-state index in [0.717, 1.165) is 0 Å². The van der Waals surface area contributed by atoms with Crippen LogP contribution in [0.4, 0.5) is 30.7 Å². The lowest BCUT2D eigenvalue weighted by molar-refractivity contribution is -0.236. The van der Waals surface area contributed by atoms with Gasteiger partial charge < -0.3 is 19.3 Å². The predicted octanol–water partition coefficient (Wildman–Crippen LogP) is 4.28. The van der Waals surface area contributed by atoms with Gasteiger partial charge in [0.25, 0.3) is 0 Å². The smallest absolute Gasteiger partial charge is 0.350 e. The van der Waals surface area contributed by atoms with Gasteiger partial charge in [-0.1, -0.05) is 6.08 Å². The highest BCUT2D eigenvalue weighted by molar-refractivity contribution is 7.49. The van der Waals surface area contributed by atoms with Crippen LogP contribution in [-0.4, -0.2) is 54.7 Å². The third-order valence-corrected chi connectivity index (χ3v) is 7.32. The molecular weight excluding hydrogens is 592 g/mol. The van der Waals surface area contributed by atoms with Crippen LogP contribution in [0.15, 0.2) is 47.0 Å². The number of allylic oxidation sites excluding steroid dienone is 3. The van der Waals surface area contributed by atoms with Crippen molar-refractivity contribution in [3.8, 4) is 0 Å². The molecule has 0 spiro atoms. The maximum atomic E-state index is 13.7. The largest absolute Gasteiger partial charge is 0.454 e. The number of hydrogen-bond acceptors (Lipinski definition) is 6. The third-order valence-electron chi connectivity index (χ3n) is 6.55. The number of nitrogens with zero attached hydrogens (tertiary/aromatic N) is 3. The molecule has 1 aliphatic carbocycles. The van der Waals surface area contributed by atoms with E-state index >= 15 is 0 Å². The lowest BCUT2D eigenvalue weighted by Gasteiger charge is -2.44. The molecule has 1 unspecified atom stereocenters. The molecule has 0 bridgehead atoms. The van der Waals surface area contributed by atoms with Gasteiger partial charge in [-0.05, 0) is 49.3 Å². The second-order valence-corrected chi connectivity index (χ2v) is 10.9. The van der Waals surface area contributed by atoms with E-state index in [4.69, 9.17) is 9.47 Å². The standard InChI is InChI=1S/C23H24F7N4O6P/c1-12(14-8-15(22(25,26)27)10-16(9-14)23(28,29)30)40-20-19(13-2-4-17(24)5-3-13)33(6-7-39-20)11-18-31-21(35)34(32-18)41(36,37)38/h2,4-5,8-10,12-13,19-20H,3,6-7,11H2,1H3,(H,31,32,35)(H2,36,37,38)/t12-,13?,19+,20-/m1/s1. The normalized spacial score (nSPS) is 23.5. The summed E-state index contributed by atoms with van der Waals surface area (Å²) in [4.78, 5) is 34.5. The molecule has 226 valence electrons. The lowest BCUT2D eigenvalue weighted by atomic mass is 9.89. The summed E-state index contributed by atoms with van der Waals surface area (Å²) in [6.45, 7) is 1.17. The highest BCUT2D eigenvalue weighted by Gasteiger charge is 2.41. The number of rotatable bonds is 7. The summed E-state index contributed by atoms with van der Waals surface area (Å²) in [6.07, 6.45) is -8.66. The Morgan fingerprint density at radius 3 is 2.32 bits per heavy atom. The van der Waals surface area contributed by atoms with E-state index in [1.165, 1.54) is 25.2 Å². The topological polar surface area (TPSA) is 130 Å². The second kappa shape index (κ2) is 11.5. The van der Waals surface area contributed by atoms with Crippen molar-refractivity contribution < 1.29 is 54.6 Å². The van der Waals surface area contributed by atoms with Crippen molar-refractivity contribution in [2.75, 3.05) is 13.2 Å². The van der Waals surface area contributed by atoms with Gasteiger partial charge in [0, 0.05) is 12.5 Å². The Hall–Kier alpha value is -2.82. The zero-order valence-corrected chi connectivity index (χ0v) is 22.0. The minimum atomic E-state index is -5.06. The Balaban J connectivity index is 1.65. The molecule has 41 heavy (non-hydrogen) atoms. The fraction of sp³-hybridized carbons (Fsp3) is 0.478. The van der Waals surface area contributed by atoms with Gasteiger partial charge in [-0.25, -0.2) is 13.8 Å². The zero-order valence-electron chi connectivity index (χ0n) is 21.1. The van der Waals surface area contributed by atoms with Crippen LogP contribution >= 0.6 is 7.75 Å². The molecule has 0 amide bonds. The minimum Gasteiger partial charge on any atom is -0.350 e. The number of alkyl halides is 6. The first-order chi connectivity index (χ1) is 18.9. The van der Waals surface area contributed by atoms with E-state index in [2.05, 4.69) is 10.1 Å². The summed E-state index contributed by atoms with van der Waals surface area (Å²) in [7, 11) is -5.06. The van der Waals surface area contributed by atoms with Gasteiger partial charge in [0.2, 0.25) is 0 Å². The quantitative estimate of drug-likeness (QED) is 0.311. The molecular formula is C23H24F7N4O6P. The molecule has 2 heterocycles. The van der Waals surface area contributed by atoms with Crippen LogP contribution in [-0.2, 0) is 32.9 Å². The third kappa shape index (κ3) is 7.34. The molecule has 1 aliphatic heterocycles. The number of H-pyrrole nitrogens is 1. The second-order valence-electron chi connectivity index (χ2n) is 9.45. The van der Waals surface area contributed by atoms with Gasteiger partial charge in [0.1, 0.15) is 11.7 Å². The number of morpholine rings is 1. The van der Waals surface area contributed by atoms with Crippen molar-refractivity contribution in [3.05, 3.63) is 75.3 Å².